The Labute approximate surface area is 68.4 Å². The van der Waals surface area contributed by atoms with Gasteiger partial charge in [-0.3, -0.25) is 4.98 Å². The first kappa shape index (κ1) is 6.09. The summed E-state index contributed by atoms with van der Waals surface area (Å²) in [4.78, 5) is 8.03. The van der Waals surface area contributed by atoms with Gasteiger partial charge in [0.05, 0.1) is 15.5 Å². The molecule has 4 heteroatoms. The van der Waals surface area contributed by atoms with E-state index in [1.54, 1.807) is 18.7 Å². The number of hydrogen-bond acceptors (Lipinski definition) is 3. The first-order valence-corrected chi connectivity index (χ1v) is 4.82. The molecule has 0 N–H and O–H groups in total. The van der Waals surface area contributed by atoms with Crippen molar-refractivity contribution in [3.8, 4) is 0 Å². The molecule has 0 amide bonds. The number of aromatic nitrogens is 1. The van der Waals surface area contributed by atoms with E-state index in [1.165, 1.54) is 3.57 Å². The quantitative estimate of drug-likeness (QED) is 0.644. The summed E-state index contributed by atoms with van der Waals surface area (Å²) in [5.74, 6) is 0. The third-order valence-corrected chi connectivity index (χ3v) is 3.09. The van der Waals surface area contributed by atoms with Crippen molar-refractivity contribution in [1.29, 1.82) is 0 Å². The Morgan fingerprint density at radius 2 is 2.40 bits per heavy atom. The maximum absolute atomic E-state index is 4.11. The highest BCUT2D eigenvalue weighted by atomic mass is 127. The molecule has 1 aromatic rings. The molecular weight excluding hydrogens is 241 g/mol. The Bertz CT molecular complexity index is 275. The third-order valence-electron chi connectivity index (χ3n) is 1.13. The van der Waals surface area contributed by atoms with E-state index in [9.17, 15) is 0 Å². The molecule has 0 spiro atoms. The van der Waals surface area contributed by atoms with Gasteiger partial charge in [-0.2, -0.15) is 0 Å². The number of pyridine rings is 1. The van der Waals surface area contributed by atoms with E-state index in [4.69, 9.17) is 0 Å². The number of hydrogen-bond donors (Lipinski definition) is 0. The van der Waals surface area contributed by atoms with Gasteiger partial charge in [0, 0.05) is 27.2 Å². The van der Waals surface area contributed by atoms with Gasteiger partial charge in [0.2, 0.25) is 0 Å². The maximum atomic E-state index is 4.11. The Hall–Kier alpha value is -0.650. The van der Waals surface area contributed by atoms with Crippen molar-refractivity contribution in [3.63, 3.8) is 0 Å². The molecule has 0 saturated heterocycles. The van der Waals surface area contributed by atoms with E-state index in [-0.39, 0.29) is 21.0 Å². The minimum atomic E-state index is -0.169. The SMILES string of the molecule is C1=Nc2cnccc2I=N1. The molecule has 1 aliphatic heterocycles. The molecule has 1 aromatic heterocycles. The average Bonchev–Trinajstić information content (AvgIpc) is 2.05. The van der Waals surface area contributed by atoms with E-state index in [1.807, 2.05) is 6.07 Å². The van der Waals surface area contributed by atoms with Gasteiger partial charge in [0.25, 0.3) is 0 Å². The van der Waals surface area contributed by atoms with Gasteiger partial charge in [-0.1, -0.05) is 0 Å². The van der Waals surface area contributed by atoms with Gasteiger partial charge in [-0.15, -0.1) is 0 Å². The molecule has 50 valence electrons. The molecule has 0 radical (unpaired) electrons. The normalized spacial score (nSPS) is 14.0. The van der Waals surface area contributed by atoms with Gasteiger partial charge in [0.15, 0.2) is 0 Å². The summed E-state index contributed by atoms with van der Waals surface area (Å²) in [7, 11) is 0. The first-order chi connectivity index (χ1) is 4.97. The molecule has 10 heavy (non-hydrogen) atoms. The van der Waals surface area contributed by atoms with Crippen molar-refractivity contribution < 1.29 is 0 Å². The lowest BCUT2D eigenvalue weighted by Gasteiger charge is -1.98. The fourth-order valence-corrected chi connectivity index (χ4v) is 2.09. The van der Waals surface area contributed by atoms with Crippen LogP contribution in [0.2, 0.25) is 0 Å². The van der Waals surface area contributed by atoms with Crippen molar-refractivity contribution >= 4 is 33.1 Å². The number of nitrogens with zero attached hydrogens (tertiary/aromatic N) is 3. The Morgan fingerprint density at radius 3 is 3.30 bits per heavy atom. The zero-order chi connectivity index (χ0) is 6.81. The lowest BCUT2D eigenvalue weighted by atomic mass is 10.4. The summed E-state index contributed by atoms with van der Waals surface area (Å²) >= 11 is -0.169. The van der Waals surface area contributed by atoms with Crippen molar-refractivity contribution in [2.75, 3.05) is 0 Å². The third kappa shape index (κ3) is 0.985. The topological polar surface area (TPSA) is 37.6 Å². The molecule has 2 heterocycles. The second-order valence-corrected chi connectivity index (χ2v) is 3.96. The van der Waals surface area contributed by atoms with Crippen LogP contribution in [0.4, 0.5) is 5.69 Å². The molecule has 0 aliphatic carbocycles. The van der Waals surface area contributed by atoms with Crippen molar-refractivity contribution in [2.24, 2.45) is 8.14 Å². The van der Waals surface area contributed by atoms with Gasteiger partial charge < -0.3 is 0 Å². The zero-order valence-electron chi connectivity index (χ0n) is 5.03. The zero-order valence-corrected chi connectivity index (χ0v) is 7.19. The van der Waals surface area contributed by atoms with Crippen LogP contribution in [0.25, 0.3) is 0 Å². The minimum Gasteiger partial charge on any atom is -0.262 e. The van der Waals surface area contributed by atoms with E-state index in [0.717, 1.165) is 5.69 Å². The van der Waals surface area contributed by atoms with Crippen LogP contribution in [0.5, 0.6) is 0 Å². The predicted molar refractivity (Wildman–Crippen MR) is 47.5 cm³/mol. The molecule has 0 saturated carbocycles. The number of fused-ring (bicyclic) bond motifs is 1. The van der Waals surface area contributed by atoms with Gasteiger partial charge in [-0.25, -0.2) is 8.14 Å². The molecule has 0 atom stereocenters. The molecule has 2 rings (SSSR count). The van der Waals surface area contributed by atoms with Crippen LogP contribution in [-0.4, -0.2) is 11.3 Å². The van der Waals surface area contributed by atoms with E-state index in [2.05, 4.69) is 13.1 Å². The molecule has 0 aromatic carbocycles. The van der Waals surface area contributed by atoms with E-state index in [0.29, 0.717) is 0 Å². The Morgan fingerprint density at radius 1 is 1.40 bits per heavy atom. The van der Waals surface area contributed by atoms with Crippen LogP contribution in [0.1, 0.15) is 0 Å². The first-order valence-electron chi connectivity index (χ1n) is 2.78. The fraction of sp³-hybridized carbons (Fsp3) is 0. The highest BCUT2D eigenvalue weighted by Crippen LogP contribution is 2.26. The van der Waals surface area contributed by atoms with E-state index < -0.39 is 0 Å². The molecular formula is C6H4IN3. The maximum Gasteiger partial charge on any atom is 0.122 e. The number of rotatable bonds is 0. The summed E-state index contributed by atoms with van der Waals surface area (Å²) in [6.07, 6.45) is 5.19. The summed E-state index contributed by atoms with van der Waals surface area (Å²) in [5, 5.41) is 0. The summed E-state index contributed by atoms with van der Waals surface area (Å²) in [6, 6.07) is 1.99. The molecule has 1 aliphatic rings. The Balaban J connectivity index is 2.65. The highest BCUT2D eigenvalue weighted by molar-refractivity contribution is 14.2. The lowest BCUT2D eigenvalue weighted by Crippen LogP contribution is -1.79. The second kappa shape index (κ2) is 2.53. The number of halogens is 1. The predicted octanol–water partition coefficient (Wildman–Crippen LogP) is 2.08. The summed E-state index contributed by atoms with van der Waals surface area (Å²) < 4.78 is 5.37. The van der Waals surface area contributed by atoms with Gasteiger partial charge >= 0.3 is 0 Å². The number of aliphatic imine (C=N–C) groups is 1. The van der Waals surface area contributed by atoms with Crippen molar-refractivity contribution in [3.05, 3.63) is 22.0 Å². The molecule has 3 nitrogen and oxygen atoms in total. The van der Waals surface area contributed by atoms with Crippen LogP contribution < -0.4 is 0 Å². The van der Waals surface area contributed by atoms with Crippen molar-refractivity contribution in [2.45, 2.75) is 0 Å². The smallest absolute Gasteiger partial charge is 0.122 e. The average molecular weight is 245 g/mol. The molecule has 0 fully saturated rings. The van der Waals surface area contributed by atoms with Crippen molar-refractivity contribution in [1.82, 2.24) is 4.98 Å². The highest BCUT2D eigenvalue weighted by Gasteiger charge is 1.99. The van der Waals surface area contributed by atoms with Crippen LogP contribution in [0.15, 0.2) is 26.6 Å². The fourth-order valence-electron chi connectivity index (χ4n) is 0.694. The molecule has 0 bridgehead atoms. The van der Waals surface area contributed by atoms with Crippen LogP contribution >= 0.6 is 21.0 Å². The monoisotopic (exact) mass is 245 g/mol. The van der Waals surface area contributed by atoms with E-state index >= 15 is 0 Å². The van der Waals surface area contributed by atoms with Crippen LogP contribution in [-0.2, 0) is 0 Å². The van der Waals surface area contributed by atoms with Crippen LogP contribution in [0.3, 0.4) is 0 Å². The lowest BCUT2D eigenvalue weighted by molar-refractivity contribution is 1.29. The largest absolute Gasteiger partial charge is 0.262 e. The minimum absolute atomic E-state index is 0.169. The van der Waals surface area contributed by atoms with Crippen LogP contribution in [0, 0.1) is 3.57 Å². The summed E-state index contributed by atoms with van der Waals surface area (Å²) in [6.45, 7) is 0. The second-order valence-electron chi connectivity index (χ2n) is 1.75. The summed E-state index contributed by atoms with van der Waals surface area (Å²) in [5.41, 5.74) is 0.991. The standard InChI is InChI=1S/C6H4IN3/c1-2-8-3-6-5(1)7-10-4-9-6/h1-4H. The van der Waals surface area contributed by atoms with Gasteiger partial charge in [0.1, 0.15) is 6.34 Å². The Kier molecular flexibility index (Phi) is 1.54. The van der Waals surface area contributed by atoms with Gasteiger partial charge in [-0.05, 0) is 6.07 Å². The molecule has 0 unspecified atom stereocenters.